The molecular formula is C10H12ClNO4. The van der Waals surface area contributed by atoms with E-state index in [0.29, 0.717) is 0 Å². The Morgan fingerprint density at radius 1 is 1.56 bits per heavy atom. The number of rotatable bonds is 4. The van der Waals surface area contributed by atoms with Gasteiger partial charge in [-0.15, -0.1) is 0 Å². The molecule has 0 atom stereocenters. The largest absolute Gasteiger partial charge is 0.481 e. The summed E-state index contributed by atoms with van der Waals surface area (Å²) in [5.41, 5.74) is -0.825. The van der Waals surface area contributed by atoms with E-state index >= 15 is 0 Å². The maximum absolute atomic E-state index is 11.5. The highest BCUT2D eigenvalue weighted by atomic mass is 35.5. The fourth-order valence-electron chi connectivity index (χ4n) is 0.928. The number of hydrogen-bond donors (Lipinski definition) is 2. The van der Waals surface area contributed by atoms with Crippen molar-refractivity contribution in [3.63, 3.8) is 0 Å². The molecule has 0 aromatic carbocycles. The number of carboxylic acid groups (broad SMARTS) is 1. The summed E-state index contributed by atoms with van der Waals surface area (Å²) in [7, 11) is 0. The first-order chi connectivity index (χ1) is 7.34. The summed E-state index contributed by atoms with van der Waals surface area (Å²) in [5.74, 6) is -1.43. The van der Waals surface area contributed by atoms with Gasteiger partial charge in [0.1, 0.15) is 0 Å². The molecule has 0 bridgehead atoms. The first kappa shape index (κ1) is 12.6. The van der Waals surface area contributed by atoms with Gasteiger partial charge in [-0.25, -0.2) is 0 Å². The second kappa shape index (κ2) is 4.57. The van der Waals surface area contributed by atoms with Crippen LogP contribution in [0.1, 0.15) is 24.2 Å². The maximum atomic E-state index is 11.5. The number of furan rings is 1. The van der Waals surface area contributed by atoms with Crippen LogP contribution in [-0.4, -0.2) is 23.5 Å². The molecule has 0 radical (unpaired) electrons. The van der Waals surface area contributed by atoms with Crippen LogP contribution < -0.4 is 5.32 Å². The first-order valence-electron chi connectivity index (χ1n) is 4.59. The van der Waals surface area contributed by atoms with E-state index < -0.39 is 17.3 Å². The van der Waals surface area contributed by atoms with Crippen LogP contribution in [0.3, 0.4) is 0 Å². The van der Waals surface area contributed by atoms with Crippen molar-refractivity contribution in [3.8, 4) is 0 Å². The topological polar surface area (TPSA) is 79.5 Å². The van der Waals surface area contributed by atoms with E-state index in [0.717, 1.165) is 0 Å². The normalized spacial score (nSPS) is 11.2. The lowest BCUT2D eigenvalue weighted by atomic mass is 9.94. The standard InChI is InChI=1S/C10H12ClNO4/c1-10(2,9(14)15)5-12-8(13)6-3-4-16-7(6)11/h3-4H,5H2,1-2H3,(H,12,13)(H,14,15). The molecule has 1 aromatic rings. The summed E-state index contributed by atoms with van der Waals surface area (Å²) < 4.78 is 4.75. The zero-order valence-electron chi connectivity index (χ0n) is 8.91. The van der Waals surface area contributed by atoms with E-state index in [4.69, 9.17) is 21.1 Å². The lowest BCUT2D eigenvalue weighted by Gasteiger charge is -2.19. The lowest BCUT2D eigenvalue weighted by Crippen LogP contribution is -2.38. The Morgan fingerprint density at radius 2 is 2.19 bits per heavy atom. The molecule has 0 aliphatic rings. The molecular weight excluding hydrogens is 234 g/mol. The predicted molar refractivity (Wildman–Crippen MR) is 57.5 cm³/mol. The number of carboxylic acids is 1. The molecule has 0 saturated heterocycles. The average molecular weight is 246 g/mol. The minimum Gasteiger partial charge on any atom is -0.481 e. The van der Waals surface area contributed by atoms with Crippen LogP contribution in [0.25, 0.3) is 0 Å². The van der Waals surface area contributed by atoms with Gasteiger partial charge in [0.15, 0.2) is 0 Å². The molecule has 0 unspecified atom stereocenters. The molecule has 0 fully saturated rings. The van der Waals surface area contributed by atoms with Gasteiger partial charge in [-0.05, 0) is 31.5 Å². The molecule has 0 spiro atoms. The van der Waals surface area contributed by atoms with Gasteiger partial charge in [0.2, 0.25) is 5.22 Å². The van der Waals surface area contributed by atoms with Crippen molar-refractivity contribution < 1.29 is 19.1 Å². The Balaban J connectivity index is 2.61. The van der Waals surface area contributed by atoms with Crippen molar-refractivity contribution in [2.75, 3.05) is 6.54 Å². The Labute approximate surface area is 97.4 Å². The molecule has 0 aliphatic carbocycles. The highest BCUT2D eigenvalue weighted by Gasteiger charge is 2.28. The van der Waals surface area contributed by atoms with E-state index in [1.165, 1.54) is 26.2 Å². The molecule has 1 rings (SSSR count). The zero-order valence-corrected chi connectivity index (χ0v) is 9.67. The van der Waals surface area contributed by atoms with E-state index in [2.05, 4.69) is 5.32 Å². The van der Waals surface area contributed by atoms with E-state index in [9.17, 15) is 9.59 Å². The van der Waals surface area contributed by atoms with Crippen molar-refractivity contribution >= 4 is 23.5 Å². The van der Waals surface area contributed by atoms with E-state index in [1.54, 1.807) is 0 Å². The number of nitrogens with one attached hydrogen (secondary N) is 1. The van der Waals surface area contributed by atoms with Crippen LogP contribution in [0, 0.1) is 5.41 Å². The SMILES string of the molecule is CC(C)(CNC(=O)c1ccoc1Cl)C(=O)O. The Bertz CT molecular complexity index is 411. The molecule has 1 heterocycles. The highest BCUT2D eigenvalue weighted by Crippen LogP contribution is 2.17. The summed E-state index contributed by atoms with van der Waals surface area (Å²) in [6, 6.07) is 1.42. The van der Waals surface area contributed by atoms with Crippen LogP contribution in [-0.2, 0) is 4.79 Å². The van der Waals surface area contributed by atoms with Crippen molar-refractivity contribution in [1.29, 1.82) is 0 Å². The highest BCUT2D eigenvalue weighted by molar-refractivity contribution is 6.32. The number of carbonyl (C=O) groups is 2. The van der Waals surface area contributed by atoms with Gasteiger partial charge in [0.25, 0.3) is 5.91 Å². The fraction of sp³-hybridized carbons (Fsp3) is 0.400. The molecule has 0 aliphatic heterocycles. The number of carbonyl (C=O) groups excluding carboxylic acids is 1. The van der Waals surface area contributed by atoms with Gasteiger partial charge < -0.3 is 14.8 Å². The van der Waals surface area contributed by atoms with Crippen molar-refractivity contribution in [1.82, 2.24) is 5.32 Å². The summed E-state index contributed by atoms with van der Waals surface area (Å²) in [6.07, 6.45) is 1.29. The average Bonchev–Trinajstić information content (AvgIpc) is 2.61. The third-order valence-corrected chi connectivity index (χ3v) is 2.43. The second-order valence-electron chi connectivity index (χ2n) is 3.98. The summed E-state index contributed by atoms with van der Waals surface area (Å²) in [6.45, 7) is 3.06. The lowest BCUT2D eigenvalue weighted by molar-refractivity contribution is -0.146. The van der Waals surface area contributed by atoms with Crippen LogP contribution in [0.5, 0.6) is 0 Å². The van der Waals surface area contributed by atoms with Gasteiger partial charge in [-0.3, -0.25) is 9.59 Å². The molecule has 2 N–H and O–H groups in total. The number of aliphatic carboxylic acids is 1. The van der Waals surface area contributed by atoms with Crippen LogP contribution in [0.2, 0.25) is 5.22 Å². The predicted octanol–water partition coefficient (Wildman–Crippen LogP) is 1.77. The van der Waals surface area contributed by atoms with Crippen molar-refractivity contribution in [3.05, 3.63) is 23.1 Å². The monoisotopic (exact) mass is 245 g/mol. The van der Waals surface area contributed by atoms with E-state index in [1.807, 2.05) is 0 Å². The quantitative estimate of drug-likeness (QED) is 0.847. The third kappa shape index (κ3) is 2.76. The summed E-state index contributed by atoms with van der Waals surface area (Å²) in [5, 5.41) is 11.3. The summed E-state index contributed by atoms with van der Waals surface area (Å²) in [4.78, 5) is 22.3. The van der Waals surface area contributed by atoms with Gasteiger partial charge >= 0.3 is 5.97 Å². The van der Waals surface area contributed by atoms with Crippen LogP contribution >= 0.6 is 11.6 Å². The molecule has 1 aromatic heterocycles. The fourth-order valence-corrected chi connectivity index (χ4v) is 1.13. The maximum Gasteiger partial charge on any atom is 0.310 e. The number of amides is 1. The second-order valence-corrected chi connectivity index (χ2v) is 4.32. The van der Waals surface area contributed by atoms with Gasteiger partial charge in [-0.2, -0.15) is 0 Å². The van der Waals surface area contributed by atoms with Gasteiger partial charge in [0.05, 0.1) is 17.2 Å². The van der Waals surface area contributed by atoms with E-state index in [-0.39, 0.29) is 17.3 Å². The molecule has 88 valence electrons. The smallest absolute Gasteiger partial charge is 0.310 e. The first-order valence-corrected chi connectivity index (χ1v) is 4.97. The zero-order chi connectivity index (χ0) is 12.3. The molecule has 1 amide bonds. The third-order valence-electron chi connectivity index (χ3n) is 2.13. The molecule has 5 nitrogen and oxygen atoms in total. The molecule has 6 heteroatoms. The minimum atomic E-state index is -1.02. The number of hydrogen-bond acceptors (Lipinski definition) is 3. The van der Waals surface area contributed by atoms with Gasteiger partial charge in [-0.1, -0.05) is 0 Å². The minimum absolute atomic E-state index is 0.00867. The molecule has 0 saturated carbocycles. The van der Waals surface area contributed by atoms with Crippen molar-refractivity contribution in [2.45, 2.75) is 13.8 Å². The Kier molecular flexibility index (Phi) is 3.59. The molecule has 16 heavy (non-hydrogen) atoms. The van der Waals surface area contributed by atoms with Crippen molar-refractivity contribution in [2.24, 2.45) is 5.41 Å². The van der Waals surface area contributed by atoms with Gasteiger partial charge in [0, 0.05) is 6.54 Å². The van der Waals surface area contributed by atoms with Crippen LogP contribution in [0.4, 0.5) is 0 Å². The Morgan fingerprint density at radius 3 is 2.62 bits per heavy atom. The Hall–Kier alpha value is -1.49. The van der Waals surface area contributed by atoms with Crippen LogP contribution in [0.15, 0.2) is 16.7 Å². The summed E-state index contributed by atoms with van der Waals surface area (Å²) >= 11 is 5.60. The number of halogens is 1.